The van der Waals surface area contributed by atoms with Crippen LogP contribution in [-0.4, -0.2) is 20.8 Å². The summed E-state index contributed by atoms with van der Waals surface area (Å²) in [7, 11) is 0. The van der Waals surface area contributed by atoms with E-state index in [9.17, 15) is 10.4 Å². The number of aliphatic hydroxyl groups excluding tert-OH is 1. The fourth-order valence-corrected chi connectivity index (χ4v) is 3.11. The topological polar surface area (TPSA) is 61.8 Å². The highest BCUT2D eigenvalue weighted by atomic mass is 16.3. The fourth-order valence-electron chi connectivity index (χ4n) is 3.11. The number of fused-ring (bicyclic) bond motifs is 3. The predicted octanol–water partition coefficient (Wildman–Crippen LogP) is 2.12. The Balaban J connectivity index is 1.88. The lowest BCUT2D eigenvalue weighted by atomic mass is 9.89. The molecule has 0 saturated heterocycles. The monoisotopic (exact) mass is 251 g/mol. The van der Waals surface area contributed by atoms with Gasteiger partial charge in [-0.05, 0) is 18.4 Å². The number of aliphatic hydroxyl groups is 1. The average molecular weight is 251 g/mol. The van der Waals surface area contributed by atoms with Crippen LogP contribution in [0.25, 0.3) is 11.3 Å². The Morgan fingerprint density at radius 1 is 1.42 bits per heavy atom. The molecule has 2 heterocycles. The summed E-state index contributed by atoms with van der Waals surface area (Å²) in [6.07, 6.45) is 4.46. The second-order valence-electron chi connectivity index (χ2n) is 5.43. The van der Waals surface area contributed by atoms with Crippen molar-refractivity contribution in [2.45, 2.75) is 25.0 Å². The number of nitrogens with zero attached hydrogens (tertiary/aromatic N) is 3. The van der Waals surface area contributed by atoms with Crippen molar-refractivity contribution in [2.24, 2.45) is 5.41 Å². The summed E-state index contributed by atoms with van der Waals surface area (Å²) in [5.74, 6) is 0. The van der Waals surface area contributed by atoms with Crippen LogP contribution in [0.4, 0.5) is 0 Å². The van der Waals surface area contributed by atoms with Crippen molar-refractivity contribution in [3.05, 3.63) is 42.4 Å². The fraction of sp³-hybridized carbons (Fsp3) is 0.333. The zero-order valence-electron chi connectivity index (χ0n) is 10.3. The minimum atomic E-state index is -0.672. The SMILES string of the molecule is N#CC1(C(O)C2c3ccccc3-c3cncn32)CC1. The molecule has 4 rings (SSSR count). The van der Waals surface area contributed by atoms with Crippen molar-refractivity contribution >= 4 is 0 Å². The first-order valence-corrected chi connectivity index (χ1v) is 6.47. The summed E-state index contributed by atoms with van der Waals surface area (Å²) in [5.41, 5.74) is 2.66. The third kappa shape index (κ3) is 1.28. The van der Waals surface area contributed by atoms with Gasteiger partial charge in [-0.2, -0.15) is 5.26 Å². The Labute approximate surface area is 110 Å². The van der Waals surface area contributed by atoms with Crippen LogP contribution >= 0.6 is 0 Å². The molecule has 2 aromatic rings. The van der Waals surface area contributed by atoms with E-state index >= 15 is 0 Å². The molecule has 1 aromatic carbocycles. The van der Waals surface area contributed by atoms with Gasteiger partial charge >= 0.3 is 0 Å². The second-order valence-corrected chi connectivity index (χ2v) is 5.43. The summed E-state index contributed by atoms with van der Waals surface area (Å²) in [6, 6.07) is 10.2. The Hall–Kier alpha value is -2.12. The minimum absolute atomic E-state index is 0.184. The highest BCUT2D eigenvalue weighted by Crippen LogP contribution is 2.54. The lowest BCUT2D eigenvalue weighted by Crippen LogP contribution is -2.30. The van der Waals surface area contributed by atoms with E-state index in [4.69, 9.17) is 0 Å². The lowest BCUT2D eigenvalue weighted by Gasteiger charge is -2.24. The van der Waals surface area contributed by atoms with Crippen molar-refractivity contribution in [3.63, 3.8) is 0 Å². The molecule has 2 atom stereocenters. The summed E-state index contributed by atoms with van der Waals surface area (Å²) in [6.45, 7) is 0. The van der Waals surface area contributed by atoms with E-state index in [1.165, 1.54) is 0 Å². The highest BCUT2D eigenvalue weighted by Gasteiger charge is 2.54. The van der Waals surface area contributed by atoms with Gasteiger partial charge in [-0.3, -0.25) is 0 Å². The number of nitriles is 1. The molecule has 0 amide bonds. The molecule has 19 heavy (non-hydrogen) atoms. The minimum Gasteiger partial charge on any atom is -0.389 e. The van der Waals surface area contributed by atoms with Gasteiger partial charge in [0.1, 0.15) is 0 Å². The molecule has 4 heteroatoms. The van der Waals surface area contributed by atoms with Crippen molar-refractivity contribution in [2.75, 3.05) is 0 Å². The summed E-state index contributed by atoms with van der Waals surface area (Å²) in [4.78, 5) is 4.17. The maximum atomic E-state index is 10.7. The molecule has 0 radical (unpaired) electrons. The van der Waals surface area contributed by atoms with E-state index in [2.05, 4.69) is 11.1 Å². The van der Waals surface area contributed by atoms with E-state index in [0.717, 1.165) is 29.7 Å². The van der Waals surface area contributed by atoms with Crippen LogP contribution < -0.4 is 0 Å². The molecule has 94 valence electrons. The Bertz CT molecular complexity index is 693. The van der Waals surface area contributed by atoms with Gasteiger partial charge in [-0.1, -0.05) is 24.3 Å². The zero-order valence-corrected chi connectivity index (χ0v) is 10.3. The van der Waals surface area contributed by atoms with Crippen LogP contribution in [-0.2, 0) is 0 Å². The van der Waals surface area contributed by atoms with Crippen LogP contribution in [0.15, 0.2) is 36.8 Å². The largest absolute Gasteiger partial charge is 0.389 e. The standard InChI is InChI=1S/C15H13N3O/c16-8-15(5-6-15)14(19)13-11-4-2-1-3-10(11)12-7-17-9-18(12)13/h1-4,7,9,13-14,19H,5-6H2. The van der Waals surface area contributed by atoms with E-state index in [0.29, 0.717) is 0 Å². The smallest absolute Gasteiger partial charge is 0.0975 e. The van der Waals surface area contributed by atoms with Crippen LogP contribution in [0.1, 0.15) is 24.4 Å². The van der Waals surface area contributed by atoms with Gasteiger partial charge in [-0.25, -0.2) is 4.98 Å². The molecule has 0 spiro atoms. The average Bonchev–Trinajstić information content (AvgIpc) is 3.00. The van der Waals surface area contributed by atoms with E-state index in [-0.39, 0.29) is 6.04 Å². The van der Waals surface area contributed by atoms with Crippen molar-refractivity contribution in [3.8, 4) is 17.3 Å². The van der Waals surface area contributed by atoms with Crippen molar-refractivity contribution in [1.82, 2.24) is 9.55 Å². The number of aromatic nitrogens is 2. The van der Waals surface area contributed by atoms with Crippen molar-refractivity contribution < 1.29 is 5.11 Å². The molecule has 4 nitrogen and oxygen atoms in total. The molecule has 2 unspecified atom stereocenters. The molecule has 0 bridgehead atoms. The van der Waals surface area contributed by atoms with Gasteiger partial charge in [0, 0.05) is 5.56 Å². The molecule has 1 N–H and O–H groups in total. The van der Waals surface area contributed by atoms with Gasteiger partial charge in [0.15, 0.2) is 0 Å². The van der Waals surface area contributed by atoms with E-state index in [1.807, 2.05) is 35.0 Å². The molecule has 1 aliphatic heterocycles. The third-order valence-corrected chi connectivity index (χ3v) is 4.40. The first-order chi connectivity index (χ1) is 9.27. The van der Waals surface area contributed by atoms with Crippen molar-refractivity contribution in [1.29, 1.82) is 5.26 Å². The van der Waals surface area contributed by atoms with Crippen LogP contribution in [0.3, 0.4) is 0 Å². The van der Waals surface area contributed by atoms with Gasteiger partial charge in [-0.15, -0.1) is 0 Å². The quantitative estimate of drug-likeness (QED) is 0.889. The van der Waals surface area contributed by atoms with Gasteiger partial charge in [0.05, 0.1) is 41.8 Å². The Morgan fingerprint density at radius 3 is 2.95 bits per heavy atom. The number of rotatable bonds is 2. The summed E-state index contributed by atoms with van der Waals surface area (Å²) < 4.78 is 1.99. The van der Waals surface area contributed by atoms with E-state index < -0.39 is 11.5 Å². The normalized spacial score (nSPS) is 23.3. The number of hydrogen-bond donors (Lipinski definition) is 1. The third-order valence-electron chi connectivity index (χ3n) is 4.40. The zero-order chi connectivity index (χ0) is 13.0. The number of hydrogen-bond acceptors (Lipinski definition) is 3. The Morgan fingerprint density at radius 2 is 2.21 bits per heavy atom. The van der Waals surface area contributed by atoms with E-state index in [1.54, 1.807) is 6.33 Å². The number of imidazole rings is 1. The van der Waals surface area contributed by atoms with Gasteiger partial charge in [0.25, 0.3) is 0 Å². The first-order valence-electron chi connectivity index (χ1n) is 6.47. The van der Waals surface area contributed by atoms with Gasteiger partial charge in [0.2, 0.25) is 0 Å². The summed E-state index contributed by atoms with van der Waals surface area (Å²) >= 11 is 0. The Kier molecular flexibility index (Phi) is 1.96. The van der Waals surface area contributed by atoms with Gasteiger partial charge < -0.3 is 9.67 Å². The number of benzene rings is 1. The second kappa shape index (κ2) is 3.46. The molecule has 1 aromatic heterocycles. The lowest BCUT2D eigenvalue weighted by molar-refractivity contribution is 0.0840. The van der Waals surface area contributed by atoms with Crippen LogP contribution in [0.2, 0.25) is 0 Å². The molecule has 1 aliphatic carbocycles. The predicted molar refractivity (Wildman–Crippen MR) is 69.1 cm³/mol. The highest BCUT2D eigenvalue weighted by molar-refractivity contribution is 5.69. The molecule has 1 fully saturated rings. The maximum absolute atomic E-state index is 10.7. The van der Waals surface area contributed by atoms with Crippen LogP contribution in [0.5, 0.6) is 0 Å². The molecular formula is C15H13N3O. The maximum Gasteiger partial charge on any atom is 0.0975 e. The molecular weight excluding hydrogens is 238 g/mol. The van der Waals surface area contributed by atoms with Crippen LogP contribution in [0, 0.1) is 16.7 Å². The first kappa shape index (κ1) is 10.8. The molecule has 1 saturated carbocycles. The molecule has 2 aliphatic rings. The summed E-state index contributed by atoms with van der Waals surface area (Å²) in [5, 5.41) is 20.0.